The largest absolute Gasteiger partial charge is 0.497 e. The van der Waals surface area contributed by atoms with Crippen LogP contribution in [0.15, 0.2) is 42.6 Å². The highest BCUT2D eigenvalue weighted by atomic mass is 19.1. The van der Waals surface area contributed by atoms with Crippen LogP contribution in [0, 0.1) is 17.7 Å². The number of piperidine rings is 3. The van der Waals surface area contributed by atoms with Crippen molar-refractivity contribution in [3.05, 3.63) is 59.7 Å². The molecule has 6 heteroatoms. The molecule has 0 N–H and O–H groups in total. The Bertz CT molecular complexity index is 952. The summed E-state index contributed by atoms with van der Waals surface area (Å²) in [5.41, 5.74) is 1.99. The number of aromatic nitrogens is 1. The van der Waals surface area contributed by atoms with E-state index in [1.54, 1.807) is 25.4 Å². The smallest absolute Gasteiger partial charge is 0.223 e. The lowest BCUT2D eigenvalue weighted by Gasteiger charge is -2.56. The third-order valence-electron chi connectivity index (χ3n) is 7.32. The van der Waals surface area contributed by atoms with Gasteiger partial charge in [-0.1, -0.05) is 12.1 Å². The van der Waals surface area contributed by atoms with E-state index in [2.05, 4.69) is 14.8 Å². The van der Waals surface area contributed by atoms with Crippen molar-refractivity contribution in [2.75, 3.05) is 20.2 Å². The van der Waals surface area contributed by atoms with Crippen molar-refractivity contribution < 1.29 is 13.9 Å². The third-order valence-corrected chi connectivity index (χ3v) is 7.32. The van der Waals surface area contributed by atoms with Crippen molar-refractivity contribution in [1.29, 1.82) is 0 Å². The lowest BCUT2D eigenvalue weighted by Crippen LogP contribution is -2.65. The second-order valence-corrected chi connectivity index (χ2v) is 9.30. The van der Waals surface area contributed by atoms with E-state index in [1.807, 2.05) is 18.2 Å². The number of pyridine rings is 1. The van der Waals surface area contributed by atoms with Gasteiger partial charge in [-0.15, -0.1) is 0 Å². The maximum Gasteiger partial charge on any atom is 0.223 e. The third kappa shape index (κ3) is 4.18. The van der Waals surface area contributed by atoms with E-state index in [-0.39, 0.29) is 17.8 Å². The molecule has 2 aromatic rings. The van der Waals surface area contributed by atoms with Crippen molar-refractivity contribution in [1.82, 2.24) is 14.8 Å². The van der Waals surface area contributed by atoms with Crippen LogP contribution in [0.4, 0.5) is 4.39 Å². The standard InChI is InChI=1S/C25H30FN3O2/c1-31-22-8-9-27-21(13-22)16-28-14-18-12-19(15-28)24(11-17-4-2-5-20(26)10-17)29-23(18)6-3-7-25(29)30/h2,4-5,8-10,13,18-19,23-24H,3,6-7,11-12,14-16H2,1H3/t18-,19+,23+,24+/m1/s1. The Kier molecular flexibility index (Phi) is 5.65. The molecular formula is C25H30FN3O2. The van der Waals surface area contributed by atoms with Crippen LogP contribution in [-0.4, -0.2) is 53.0 Å². The minimum atomic E-state index is -0.206. The SMILES string of the molecule is COc1ccnc(CN2C[C@H]3C[C@@H](C2)[C@H](Cc2cccc(F)c2)N2C(=O)CCC[C@@H]32)c1. The van der Waals surface area contributed by atoms with Crippen LogP contribution in [0.2, 0.25) is 0 Å². The fourth-order valence-corrected chi connectivity index (χ4v) is 6.07. The van der Waals surface area contributed by atoms with E-state index in [0.29, 0.717) is 24.3 Å². The first-order valence-corrected chi connectivity index (χ1v) is 11.4. The first-order chi connectivity index (χ1) is 15.1. The van der Waals surface area contributed by atoms with E-state index in [9.17, 15) is 9.18 Å². The Hall–Kier alpha value is -2.47. The number of fused-ring (bicyclic) bond motifs is 4. The van der Waals surface area contributed by atoms with Crippen molar-refractivity contribution >= 4 is 5.91 Å². The Morgan fingerprint density at radius 3 is 2.90 bits per heavy atom. The molecule has 31 heavy (non-hydrogen) atoms. The number of benzene rings is 1. The first-order valence-electron chi connectivity index (χ1n) is 11.4. The van der Waals surface area contributed by atoms with Crippen molar-refractivity contribution in [2.45, 2.75) is 50.7 Å². The Morgan fingerprint density at radius 1 is 1.19 bits per heavy atom. The average molecular weight is 424 g/mol. The van der Waals surface area contributed by atoms with Crippen LogP contribution in [-0.2, 0) is 17.8 Å². The summed E-state index contributed by atoms with van der Waals surface area (Å²) in [5.74, 6) is 1.80. The molecule has 4 atom stereocenters. The van der Waals surface area contributed by atoms with E-state index >= 15 is 0 Å². The van der Waals surface area contributed by atoms with Gasteiger partial charge in [0.2, 0.25) is 5.91 Å². The minimum Gasteiger partial charge on any atom is -0.497 e. The minimum absolute atomic E-state index is 0.136. The molecule has 164 valence electrons. The lowest BCUT2D eigenvalue weighted by atomic mass is 9.70. The quantitative estimate of drug-likeness (QED) is 0.736. The lowest BCUT2D eigenvalue weighted by molar-refractivity contribution is -0.152. The van der Waals surface area contributed by atoms with Crippen LogP contribution in [0.1, 0.15) is 36.9 Å². The van der Waals surface area contributed by atoms with Gasteiger partial charge >= 0.3 is 0 Å². The molecule has 5 nitrogen and oxygen atoms in total. The molecule has 3 fully saturated rings. The number of halogens is 1. The van der Waals surface area contributed by atoms with Gasteiger partial charge in [0.05, 0.1) is 12.8 Å². The van der Waals surface area contributed by atoms with Gasteiger partial charge in [-0.2, -0.15) is 0 Å². The summed E-state index contributed by atoms with van der Waals surface area (Å²) in [4.78, 5) is 22.2. The second kappa shape index (κ2) is 8.58. The molecule has 3 aliphatic rings. The fourth-order valence-electron chi connectivity index (χ4n) is 6.07. The monoisotopic (exact) mass is 423 g/mol. The molecule has 0 radical (unpaired) electrons. The number of hydrogen-bond acceptors (Lipinski definition) is 4. The maximum absolute atomic E-state index is 13.8. The van der Waals surface area contributed by atoms with Crippen LogP contribution >= 0.6 is 0 Å². The van der Waals surface area contributed by atoms with Crippen LogP contribution in [0.3, 0.4) is 0 Å². The zero-order valence-electron chi connectivity index (χ0n) is 18.0. The van der Waals surface area contributed by atoms with E-state index in [1.165, 1.54) is 6.07 Å². The van der Waals surface area contributed by atoms with Gasteiger partial charge in [0, 0.05) is 50.4 Å². The van der Waals surface area contributed by atoms with Gasteiger partial charge in [0.15, 0.2) is 0 Å². The molecule has 3 aliphatic heterocycles. The number of carbonyl (C=O) groups excluding carboxylic acids is 1. The van der Waals surface area contributed by atoms with Gasteiger partial charge in [-0.25, -0.2) is 4.39 Å². The zero-order valence-corrected chi connectivity index (χ0v) is 18.0. The molecule has 4 heterocycles. The summed E-state index contributed by atoms with van der Waals surface area (Å²) in [7, 11) is 1.68. The fraction of sp³-hybridized carbons (Fsp3) is 0.520. The molecule has 1 amide bonds. The van der Waals surface area contributed by atoms with Gasteiger partial charge in [0.25, 0.3) is 0 Å². The summed E-state index contributed by atoms with van der Waals surface area (Å²) < 4.78 is 19.2. The number of amides is 1. The number of carbonyl (C=O) groups is 1. The molecule has 1 aromatic heterocycles. The van der Waals surface area contributed by atoms with Crippen molar-refractivity contribution in [2.24, 2.45) is 11.8 Å². The number of likely N-dealkylation sites (tertiary alicyclic amines) is 1. The number of hydrogen-bond donors (Lipinski definition) is 0. The first kappa shape index (κ1) is 20.4. The van der Waals surface area contributed by atoms with E-state index in [0.717, 1.165) is 62.3 Å². The topological polar surface area (TPSA) is 45.7 Å². The molecule has 0 aliphatic carbocycles. The van der Waals surface area contributed by atoms with Crippen molar-refractivity contribution in [3.63, 3.8) is 0 Å². The summed E-state index contributed by atoms with van der Waals surface area (Å²) in [6.07, 6.45) is 6.37. The predicted octanol–water partition coefficient (Wildman–Crippen LogP) is 3.67. The summed E-state index contributed by atoms with van der Waals surface area (Å²) in [6, 6.07) is 11.2. The highest BCUT2D eigenvalue weighted by Crippen LogP contribution is 2.42. The highest BCUT2D eigenvalue weighted by Gasteiger charge is 2.49. The molecule has 0 saturated carbocycles. The van der Waals surface area contributed by atoms with Gasteiger partial charge in [-0.05, 0) is 61.3 Å². The molecule has 1 aromatic carbocycles. The summed E-state index contributed by atoms with van der Waals surface area (Å²) >= 11 is 0. The highest BCUT2D eigenvalue weighted by molar-refractivity contribution is 5.78. The van der Waals surface area contributed by atoms with Crippen LogP contribution < -0.4 is 4.74 Å². The summed E-state index contributed by atoms with van der Waals surface area (Å²) in [5, 5.41) is 0. The molecule has 3 saturated heterocycles. The van der Waals surface area contributed by atoms with Crippen LogP contribution in [0.5, 0.6) is 5.75 Å². The van der Waals surface area contributed by atoms with Gasteiger partial charge in [0.1, 0.15) is 11.6 Å². The molecular weight excluding hydrogens is 393 g/mol. The Balaban J connectivity index is 1.40. The zero-order chi connectivity index (χ0) is 21.4. The predicted molar refractivity (Wildman–Crippen MR) is 116 cm³/mol. The number of nitrogens with zero attached hydrogens (tertiary/aromatic N) is 3. The number of methoxy groups -OCH3 is 1. The maximum atomic E-state index is 13.8. The molecule has 2 bridgehead atoms. The molecule has 5 rings (SSSR count). The van der Waals surface area contributed by atoms with Gasteiger partial charge < -0.3 is 9.64 Å². The average Bonchev–Trinajstić information content (AvgIpc) is 2.77. The second-order valence-electron chi connectivity index (χ2n) is 9.30. The number of ether oxygens (including phenoxy) is 1. The van der Waals surface area contributed by atoms with Crippen LogP contribution in [0.25, 0.3) is 0 Å². The summed E-state index contributed by atoms with van der Waals surface area (Å²) in [6.45, 7) is 2.72. The molecule has 0 unspecified atom stereocenters. The Morgan fingerprint density at radius 2 is 2.06 bits per heavy atom. The number of rotatable bonds is 5. The Labute approximate surface area is 183 Å². The molecule has 0 spiro atoms. The normalized spacial score (nSPS) is 28.3. The van der Waals surface area contributed by atoms with Gasteiger partial charge in [-0.3, -0.25) is 14.7 Å². The van der Waals surface area contributed by atoms with E-state index < -0.39 is 0 Å². The van der Waals surface area contributed by atoms with E-state index in [4.69, 9.17) is 4.74 Å². The van der Waals surface area contributed by atoms with Crippen molar-refractivity contribution in [3.8, 4) is 5.75 Å².